The minimum atomic E-state index is -1.24. The van der Waals surface area contributed by atoms with Gasteiger partial charge < -0.3 is 49.4 Å². The molecule has 15 nitrogen and oxygen atoms in total. The maximum Gasteiger partial charge on any atom is 0.326 e. The predicted molar refractivity (Wildman–Crippen MR) is 122 cm³/mol. The number of imidazole rings is 1. The van der Waals surface area contributed by atoms with Crippen LogP contribution in [0.15, 0.2) is 22.5 Å². The largest absolute Gasteiger partial charge is 0.480 e. The van der Waals surface area contributed by atoms with Crippen molar-refractivity contribution >= 4 is 29.7 Å². The van der Waals surface area contributed by atoms with E-state index in [1.54, 1.807) is 0 Å². The van der Waals surface area contributed by atoms with Crippen LogP contribution in [0.25, 0.3) is 0 Å². The average Bonchev–Trinajstić information content (AvgIpc) is 3.25. The first-order chi connectivity index (χ1) is 15.6. The van der Waals surface area contributed by atoms with Gasteiger partial charge in [-0.2, -0.15) is 0 Å². The highest BCUT2D eigenvalue weighted by Crippen LogP contribution is 2.05. The van der Waals surface area contributed by atoms with E-state index in [0.717, 1.165) is 0 Å². The molecule has 1 heterocycles. The number of aromatic amines is 1. The van der Waals surface area contributed by atoms with Crippen LogP contribution < -0.4 is 39.3 Å². The van der Waals surface area contributed by atoms with Crippen molar-refractivity contribution in [2.75, 3.05) is 13.1 Å². The molecule has 1 rings (SSSR count). The van der Waals surface area contributed by atoms with Crippen molar-refractivity contribution in [1.29, 1.82) is 0 Å². The van der Waals surface area contributed by atoms with Crippen LogP contribution in [0.2, 0.25) is 0 Å². The minimum absolute atomic E-state index is 0.0138. The van der Waals surface area contributed by atoms with Gasteiger partial charge in [-0.15, -0.1) is 0 Å². The normalized spacial score (nSPS) is 13.2. The summed E-state index contributed by atoms with van der Waals surface area (Å²) in [5.41, 5.74) is 27.5. The van der Waals surface area contributed by atoms with Gasteiger partial charge in [0.05, 0.1) is 12.4 Å². The van der Waals surface area contributed by atoms with Crippen molar-refractivity contribution in [2.24, 2.45) is 38.7 Å². The van der Waals surface area contributed by atoms with Crippen molar-refractivity contribution in [3.05, 3.63) is 18.2 Å². The van der Waals surface area contributed by atoms with E-state index < -0.39 is 35.9 Å². The fourth-order valence-electron chi connectivity index (χ4n) is 2.79. The number of aliphatic imine (C=N–C) groups is 2. The topological polar surface area (TPSA) is 279 Å². The number of nitrogens with zero attached hydrogens (tertiary/aromatic N) is 3. The molecule has 15 heteroatoms. The summed E-state index contributed by atoms with van der Waals surface area (Å²) in [5, 5.41) is 14.5. The molecule has 0 aliphatic rings. The van der Waals surface area contributed by atoms with Gasteiger partial charge in [-0.1, -0.05) is 0 Å². The van der Waals surface area contributed by atoms with E-state index in [4.69, 9.17) is 28.7 Å². The Labute approximate surface area is 190 Å². The number of hydrogen-bond acceptors (Lipinski definition) is 7. The lowest BCUT2D eigenvalue weighted by atomic mass is 10.1. The lowest BCUT2D eigenvalue weighted by molar-refractivity contribution is -0.142. The summed E-state index contributed by atoms with van der Waals surface area (Å²) in [6, 6.07) is -3.19. The van der Waals surface area contributed by atoms with E-state index in [1.165, 1.54) is 12.5 Å². The zero-order chi connectivity index (χ0) is 24.8. The van der Waals surface area contributed by atoms with Crippen LogP contribution in [0, 0.1) is 0 Å². The zero-order valence-corrected chi connectivity index (χ0v) is 18.2. The number of nitrogens with one attached hydrogen (secondary N) is 3. The van der Waals surface area contributed by atoms with Crippen molar-refractivity contribution in [2.45, 2.75) is 50.2 Å². The molecule has 0 radical (unpaired) electrons. The average molecular weight is 468 g/mol. The number of carboxylic acid groups (broad SMARTS) is 1. The highest BCUT2D eigenvalue weighted by molar-refractivity contribution is 5.91. The fourth-order valence-corrected chi connectivity index (χ4v) is 2.79. The molecule has 14 N–H and O–H groups in total. The first-order valence-electron chi connectivity index (χ1n) is 10.3. The van der Waals surface area contributed by atoms with E-state index in [9.17, 15) is 19.5 Å². The monoisotopic (exact) mass is 467 g/mol. The number of guanidine groups is 2. The second-order valence-electron chi connectivity index (χ2n) is 7.25. The standard InChI is InChI=1S/C18H33N11O4/c19-11(3-1-5-25-17(20)21)14(30)28-12(4-2-6-26-18(22)23)15(31)29-13(16(32)33)7-10-8-24-9-27-10/h8-9,11-13H,1-7,19H2,(H,24,27)(H,28,30)(H,29,31)(H,32,33)(H4,20,21,25)(H4,22,23,26)/t11-,12-,13-/m0/s1. The van der Waals surface area contributed by atoms with Crippen molar-refractivity contribution < 1.29 is 19.5 Å². The molecule has 0 bridgehead atoms. The van der Waals surface area contributed by atoms with Crippen LogP contribution in [0.4, 0.5) is 0 Å². The fraction of sp³-hybridized carbons (Fsp3) is 0.556. The Morgan fingerprint density at radius 3 is 2.06 bits per heavy atom. The number of nitrogens with two attached hydrogens (primary N) is 5. The van der Waals surface area contributed by atoms with Crippen LogP contribution in [-0.2, 0) is 20.8 Å². The molecule has 1 aromatic heterocycles. The number of rotatable bonds is 15. The molecule has 0 saturated carbocycles. The van der Waals surface area contributed by atoms with Gasteiger partial charge in [0.1, 0.15) is 12.1 Å². The summed E-state index contributed by atoms with van der Waals surface area (Å²) >= 11 is 0. The van der Waals surface area contributed by atoms with Crippen LogP contribution >= 0.6 is 0 Å². The Morgan fingerprint density at radius 1 is 0.970 bits per heavy atom. The van der Waals surface area contributed by atoms with E-state index in [2.05, 4.69) is 30.6 Å². The molecule has 0 aliphatic heterocycles. The first-order valence-corrected chi connectivity index (χ1v) is 10.3. The van der Waals surface area contributed by atoms with Crippen molar-refractivity contribution in [3.8, 4) is 0 Å². The second kappa shape index (κ2) is 14.2. The number of aromatic nitrogens is 2. The molecule has 0 unspecified atom stereocenters. The molecule has 184 valence electrons. The third-order valence-electron chi connectivity index (χ3n) is 4.48. The zero-order valence-electron chi connectivity index (χ0n) is 18.2. The number of amides is 2. The van der Waals surface area contributed by atoms with Crippen molar-refractivity contribution in [1.82, 2.24) is 20.6 Å². The van der Waals surface area contributed by atoms with Crippen molar-refractivity contribution in [3.63, 3.8) is 0 Å². The maximum absolute atomic E-state index is 12.8. The third kappa shape index (κ3) is 11.3. The summed E-state index contributed by atoms with van der Waals surface area (Å²) in [5.74, 6) is -2.64. The van der Waals surface area contributed by atoms with E-state index in [1.807, 2.05) is 0 Å². The summed E-state index contributed by atoms with van der Waals surface area (Å²) in [7, 11) is 0. The molecule has 1 aromatic rings. The Morgan fingerprint density at radius 2 is 1.55 bits per heavy atom. The Kier molecular flexibility index (Phi) is 11.7. The summed E-state index contributed by atoms with van der Waals surface area (Å²) in [6.07, 6.45) is 4.09. The Bertz CT molecular complexity index is 817. The third-order valence-corrected chi connectivity index (χ3v) is 4.48. The van der Waals surface area contributed by atoms with Gasteiger partial charge in [0.2, 0.25) is 11.8 Å². The molecule has 0 aliphatic carbocycles. The molecule has 0 fully saturated rings. The number of hydrogen-bond donors (Lipinski definition) is 9. The number of H-pyrrole nitrogens is 1. The minimum Gasteiger partial charge on any atom is -0.480 e. The summed E-state index contributed by atoms with van der Waals surface area (Å²) in [4.78, 5) is 51.2. The Balaban J connectivity index is 2.78. The molecule has 0 saturated heterocycles. The summed E-state index contributed by atoms with van der Waals surface area (Å²) < 4.78 is 0. The van der Waals surface area contributed by atoms with Crippen LogP contribution in [0.3, 0.4) is 0 Å². The van der Waals surface area contributed by atoms with E-state index >= 15 is 0 Å². The molecular formula is C18H33N11O4. The van der Waals surface area contributed by atoms with Gasteiger partial charge in [-0.25, -0.2) is 9.78 Å². The molecule has 33 heavy (non-hydrogen) atoms. The number of carbonyl (C=O) groups is 3. The van der Waals surface area contributed by atoms with E-state index in [0.29, 0.717) is 25.1 Å². The lowest BCUT2D eigenvalue weighted by Crippen LogP contribution is -2.54. The quantitative estimate of drug-likeness (QED) is 0.0694. The number of carbonyl (C=O) groups excluding carboxylic acids is 2. The Hall–Kier alpha value is -3.88. The van der Waals surface area contributed by atoms with Crippen LogP contribution in [0.1, 0.15) is 31.4 Å². The highest BCUT2D eigenvalue weighted by Gasteiger charge is 2.28. The van der Waals surface area contributed by atoms with Gasteiger partial charge >= 0.3 is 5.97 Å². The second-order valence-corrected chi connectivity index (χ2v) is 7.25. The van der Waals surface area contributed by atoms with Gasteiger partial charge in [0.25, 0.3) is 0 Å². The van der Waals surface area contributed by atoms with Crippen LogP contribution in [-0.4, -0.2) is 76.0 Å². The van der Waals surface area contributed by atoms with E-state index in [-0.39, 0.29) is 37.7 Å². The van der Waals surface area contributed by atoms with Gasteiger partial charge in [-0.3, -0.25) is 19.6 Å². The lowest BCUT2D eigenvalue weighted by Gasteiger charge is -2.22. The smallest absolute Gasteiger partial charge is 0.326 e. The maximum atomic E-state index is 12.8. The number of carboxylic acids is 1. The van der Waals surface area contributed by atoms with Gasteiger partial charge in [0, 0.05) is 31.4 Å². The molecule has 2 amide bonds. The predicted octanol–water partition coefficient (Wildman–Crippen LogP) is -3.56. The molecular weight excluding hydrogens is 434 g/mol. The van der Waals surface area contributed by atoms with Gasteiger partial charge in [-0.05, 0) is 25.7 Å². The molecule has 0 spiro atoms. The first kappa shape index (κ1) is 27.2. The van der Waals surface area contributed by atoms with Crippen LogP contribution in [0.5, 0.6) is 0 Å². The van der Waals surface area contributed by atoms with Gasteiger partial charge in [0.15, 0.2) is 11.9 Å². The summed E-state index contributed by atoms with van der Waals surface area (Å²) in [6.45, 7) is 0.530. The molecule has 0 aromatic carbocycles. The SMILES string of the molecule is NC(N)=NCCC[C@H](NC(=O)[C@@H](N)CCCN=C(N)N)C(=O)N[C@@H](Cc1cnc[nH]1)C(=O)O. The highest BCUT2D eigenvalue weighted by atomic mass is 16.4. The number of aliphatic carboxylic acids is 1. The molecule has 3 atom stereocenters.